The average Bonchev–Trinajstić information content (AvgIpc) is 2.72. The molecule has 0 unspecified atom stereocenters. The molecule has 0 saturated heterocycles. The van der Waals surface area contributed by atoms with E-state index in [9.17, 15) is 9.59 Å². The van der Waals surface area contributed by atoms with Crippen molar-refractivity contribution in [1.82, 2.24) is 14.8 Å². The summed E-state index contributed by atoms with van der Waals surface area (Å²) in [6.45, 7) is 2.91. The normalized spacial score (nSPS) is 11.1. The van der Waals surface area contributed by atoms with E-state index in [0.717, 1.165) is 11.4 Å². The van der Waals surface area contributed by atoms with Gasteiger partial charge in [-0.1, -0.05) is 6.08 Å². The number of nitrogens with zero attached hydrogens (tertiary/aromatic N) is 2. The Hall–Kier alpha value is -2.08. The summed E-state index contributed by atoms with van der Waals surface area (Å²) in [7, 11) is 7.07. The van der Waals surface area contributed by atoms with Crippen molar-refractivity contribution in [2.75, 3.05) is 27.7 Å². The fraction of sp³-hybridized carbons (Fsp3) is 0.467. The van der Waals surface area contributed by atoms with Crippen LogP contribution in [0.25, 0.3) is 0 Å². The van der Waals surface area contributed by atoms with Gasteiger partial charge in [0.1, 0.15) is 0 Å². The molecule has 0 bridgehead atoms. The van der Waals surface area contributed by atoms with Gasteiger partial charge in [0.15, 0.2) is 0 Å². The van der Waals surface area contributed by atoms with Crippen molar-refractivity contribution in [3.05, 3.63) is 35.2 Å². The third kappa shape index (κ3) is 4.75. The zero-order valence-corrected chi connectivity index (χ0v) is 13.3. The zero-order valence-electron chi connectivity index (χ0n) is 13.3. The van der Waals surface area contributed by atoms with Crippen LogP contribution in [0.4, 0.5) is 0 Å². The number of carbonyl (C=O) groups is 2. The van der Waals surface area contributed by atoms with E-state index in [1.165, 1.54) is 13.2 Å². The highest BCUT2D eigenvalue weighted by Gasteiger charge is 2.15. The van der Waals surface area contributed by atoms with Gasteiger partial charge in [0.05, 0.1) is 19.2 Å². The highest BCUT2D eigenvalue weighted by atomic mass is 16.5. The molecule has 0 aliphatic carbocycles. The molecule has 0 radical (unpaired) electrons. The molecule has 0 aromatic carbocycles. The molecule has 21 heavy (non-hydrogen) atoms. The number of methoxy groups -OCH3 is 1. The number of amides is 1. The van der Waals surface area contributed by atoms with E-state index in [1.807, 2.05) is 37.5 Å². The lowest BCUT2D eigenvalue weighted by atomic mass is 10.2. The second kappa shape index (κ2) is 7.64. The first-order valence-electron chi connectivity index (χ1n) is 6.69. The molecular formula is C15H23N3O3. The van der Waals surface area contributed by atoms with E-state index in [-0.39, 0.29) is 11.9 Å². The van der Waals surface area contributed by atoms with Gasteiger partial charge in [-0.3, -0.25) is 4.79 Å². The van der Waals surface area contributed by atoms with Gasteiger partial charge in [0.25, 0.3) is 0 Å². The second-order valence-electron chi connectivity index (χ2n) is 5.07. The van der Waals surface area contributed by atoms with Crippen LogP contribution in [0.5, 0.6) is 0 Å². The molecule has 1 aromatic heterocycles. The number of likely N-dealkylation sites (N-methyl/N-ethyl adjacent to an activating group) is 1. The minimum Gasteiger partial charge on any atom is -0.465 e. The molecule has 1 amide bonds. The minimum absolute atomic E-state index is 0.157. The van der Waals surface area contributed by atoms with Crippen LogP contribution in [0.1, 0.15) is 21.7 Å². The maximum Gasteiger partial charge on any atom is 0.339 e. The third-order valence-corrected chi connectivity index (χ3v) is 3.22. The molecule has 1 rings (SSSR count). The summed E-state index contributed by atoms with van der Waals surface area (Å²) >= 11 is 0. The summed E-state index contributed by atoms with van der Waals surface area (Å²) in [5.41, 5.74) is 2.18. The Morgan fingerprint density at radius 2 is 2.10 bits per heavy atom. The highest BCUT2D eigenvalue weighted by Crippen LogP contribution is 2.14. The fourth-order valence-electron chi connectivity index (χ4n) is 1.86. The molecule has 0 aliphatic heterocycles. The Morgan fingerprint density at radius 3 is 2.67 bits per heavy atom. The Labute approximate surface area is 125 Å². The first kappa shape index (κ1) is 17.0. The van der Waals surface area contributed by atoms with Crippen molar-refractivity contribution in [2.45, 2.75) is 13.5 Å². The summed E-state index contributed by atoms with van der Waals surface area (Å²) < 4.78 is 6.60. The molecule has 1 aromatic rings. The molecule has 116 valence electrons. The number of carbonyl (C=O) groups excluding carboxylic acids is 2. The number of aromatic nitrogens is 1. The van der Waals surface area contributed by atoms with E-state index in [0.29, 0.717) is 18.7 Å². The SMILES string of the molecule is COC(=O)c1cc(CNC(=O)/C=C/CN(C)C)n(C)c1C. The zero-order chi connectivity index (χ0) is 16.0. The number of rotatable bonds is 6. The van der Waals surface area contributed by atoms with E-state index in [1.54, 1.807) is 12.1 Å². The van der Waals surface area contributed by atoms with E-state index in [4.69, 9.17) is 4.74 Å². The van der Waals surface area contributed by atoms with Gasteiger partial charge in [0.2, 0.25) is 5.91 Å². The lowest BCUT2D eigenvalue weighted by Crippen LogP contribution is -2.22. The van der Waals surface area contributed by atoms with Crippen LogP contribution in [-0.4, -0.2) is 49.1 Å². The van der Waals surface area contributed by atoms with Crippen LogP contribution < -0.4 is 5.32 Å². The van der Waals surface area contributed by atoms with Crippen LogP contribution in [0, 0.1) is 6.92 Å². The largest absolute Gasteiger partial charge is 0.465 e. The number of hydrogen-bond donors (Lipinski definition) is 1. The molecule has 0 spiro atoms. The lowest BCUT2D eigenvalue weighted by Gasteiger charge is -2.06. The van der Waals surface area contributed by atoms with Crippen LogP contribution in [0.3, 0.4) is 0 Å². The molecular weight excluding hydrogens is 270 g/mol. The van der Waals surface area contributed by atoms with Crippen LogP contribution >= 0.6 is 0 Å². The summed E-state index contributed by atoms with van der Waals surface area (Å²) in [6, 6.07) is 1.74. The fourth-order valence-corrected chi connectivity index (χ4v) is 1.86. The van der Waals surface area contributed by atoms with Gasteiger partial charge in [-0.2, -0.15) is 0 Å². The van der Waals surface area contributed by atoms with Crippen LogP contribution in [-0.2, 0) is 23.1 Å². The minimum atomic E-state index is -0.369. The van der Waals surface area contributed by atoms with Crippen molar-refractivity contribution in [3.8, 4) is 0 Å². The van der Waals surface area contributed by atoms with E-state index in [2.05, 4.69) is 5.32 Å². The Balaban J connectivity index is 2.66. The Bertz CT molecular complexity index is 545. The first-order valence-corrected chi connectivity index (χ1v) is 6.69. The Morgan fingerprint density at radius 1 is 1.43 bits per heavy atom. The highest BCUT2D eigenvalue weighted by molar-refractivity contribution is 5.91. The van der Waals surface area contributed by atoms with Gasteiger partial charge in [-0.25, -0.2) is 4.79 Å². The topological polar surface area (TPSA) is 63.6 Å². The van der Waals surface area contributed by atoms with Gasteiger partial charge in [-0.15, -0.1) is 0 Å². The van der Waals surface area contributed by atoms with Crippen molar-refractivity contribution < 1.29 is 14.3 Å². The van der Waals surface area contributed by atoms with Gasteiger partial charge < -0.3 is 19.5 Å². The number of nitrogens with one attached hydrogen (secondary N) is 1. The summed E-state index contributed by atoms with van der Waals surface area (Å²) in [6.07, 6.45) is 3.31. The van der Waals surface area contributed by atoms with Gasteiger partial charge >= 0.3 is 5.97 Å². The molecule has 0 atom stereocenters. The summed E-state index contributed by atoms with van der Waals surface area (Å²) in [5.74, 6) is -0.526. The summed E-state index contributed by atoms with van der Waals surface area (Å²) in [5, 5.41) is 2.79. The number of esters is 1. The maximum absolute atomic E-state index is 11.7. The molecule has 6 heteroatoms. The van der Waals surface area contributed by atoms with Crippen molar-refractivity contribution in [3.63, 3.8) is 0 Å². The van der Waals surface area contributed by atoms with E-state index >= 15 is 0 Å². The monoisotopic (exact) mass is 293 g/mol. The smallest absolute Gasteiger partial charge is 0.339 e. The summed E-state index contributed by atoms with van der Waals surface area (Å²) in [4.78, 5) is 25.2. The molecule has 1 N–H and O–H groups in total. The maximum atomic E-state index is 11.7. The van der Waals surface area contributed by atoms with Crippen LogP contribution in [0.15, 0.2) is 18.2 Å². The molecule has 6 nitrogen and oxygen atoms in total. The predicted octanol–water partition coefficient (Wildman–Crippen LogP) is 0.854. The number of hydrogen-bond acceptors (Lipinski definition) is 4. The van der Waals surface area contributed by atoms with Gasteiger partial charge in [0, 0.05) is 31.1 Å². The van der Waals surface area contributed by atoms with Gasteiger partial charge in [-0.05, 0) is 27.1 Å². The average molecular weight is 293 g/mol. The third-order valence-electron chi connectivity index (χ3n) is 3.22. The second-order valence-corrected chi connectivity index (χ2v) is 5.07. The predicted molar refractivity (Wildman–Crippen MR) is 81.0 cm³/mol. The van der Waals surface area contributed by atoms with Crippen molar-refractivity contribution >= 4 is 11.9 Å². The molecule has 0 aliphatic rings. The van der Waals surface area contributed by atoms with Crippen molar-refractivity contribution in [2.24, 2.45) is 7.05 Å². The quantitative estimate of drug-likeness (QED) is 0.624. The molecule has 0 fully saturated rings. The number of ether oxygens (including phenoxy) is 1. The lowest BCUT2D eigenvalue weighted by molar-refractivity contribution is -0.116. The molecule has 1 heterocycles. The molecule has 0 saturated carbocycles. The van der Waals surface area contributed by atoms with Crippen molar-refractivity contribution in [1.29, 1.82) is 0 Å². The van der Waals surface area contributed by atoms with Crippen LogP contribution in [0.2, 0.25) is 0 Å². The first-order chi connectivity index (χ1) is 9.86. The Kier molecular flexibility index (Phi) is 6.17. The standard InChI is InChI=1S/C15H23N3O3/c1-11-13(15(20)21-5)9-12(18(11)4)10-16-14(19)7-6-8-17(2)3/h6-7,9H,8,10H2,1-5H3,(H,16,19)/b7-6+. The van der Waals surface area contributed by atoms with E-state index < -0.39 is 0 Å².